The number of carbonyl (C=O) groups excluding carboxylic acids is 1. The average Bonchev–Trinajstić information content (AvgIpc) is 2.46. The molecule has 1 aliphatic heterocycles. The van der Waals surface area contributed by atoms with E-state index in [4.69, 9.17) is 22.7 Å². The maximum Gasteiger partial charge on any atom is 0.253 e. The molecule has 1 heterocycles. The highest BCUT2D eigenvalue weighted by Gasteiger charge is 2.32. The largest absolute Gasteiger partial charge is 0.389 e. The maximum atomic E-state index is 12.4. The van der Waals surface area contributed by atoms with E-state index in [9.17, 15) is 9.90 Å². The van der Waals surface area contributed by atoms with E-state index in [1.54, 1.807) is 31.3 Å². The van der Waals surface area contributed by atoms with Gasteiger partial charge >= 0.3 is 0 Å². The van der Waals surface area contributed by atoms with Crippen molar-refractivity contribution in [2.75, 3.05) is 26.8 Å². The van der Waals surface area contributed by atoms with Crippen molar-refractivity contribution in [1.82, 2.24) is 4.90 Å². The SMILES string of the molecule is CN(CC1(O)CCOCC1)C(=O)c1cccc(C(N)=S)c1. The van der Waals surface area contributed by atoms with Gasteiger partial charge in [-0.2, -0.15) is 0 Å². The Morgan fingerprint density at radius 2 is 2.05 bits per heavy atom. The second kappa shape index (κ2) is 6.51. The topological polar surface area (TPSA) is 75.8 Å². The first-order chi connectivity index (χ1) is 9.91. The standard InChI is InChI=1S/C15H20N2O3S/c1-17(10-15(19)5-7-20-8-6-15)14(18)12-4-2-3-11(9-12)13(16)21/h2-4,9,19H,5-8,10H2,1H3,(H2,16,21). The molecule has 0 saturated carbocycles. The Morgan fingerprint density at radius 3 is 2.67 bits per heavy atom. The fourth-order valence-corrected chi connectivity index (χ4v) is 2.58. The third kappa shape index (κ3) is 4.00. The van der Waals surface area contributed by atoms with Crippen LogP contribution in [0.25, 0.3) is 0 Å². The van der Waals surface area contributed by atoms with Crippen LogP contribution in [0.1, 0.15) is 28.8 Å². The summed E-state index contributed by atoms with van der Waals surface area (Å²) in [4.78, 5) is 14.2. The molecule has 2 rings (SSSR count). The fourth-order valence-electron chi connectivity index (χ4n) is 2.45. The molecule has 1 aliphatic rings. The van der Waals surface area contributed by atoms with E-state index in [0.717, 1.165) is 0 Å². The Morgan fingerprint density at radius 1 is 1.43 bits per heavy atom. The van der Waals surface area contributed by atoms with Crippen molar-refractivity contribution in [3.05, 3.63) is 35.4 Å². The lowest BCUT2D eigenvalue weighted by Crippen LogP contribution is -2.47. The van der Waals surface area contributed by atoms with Gasteiger partial charge in [0.05, 0.1) is 5.60 Å². The summed E-state index contributed by atoms with van der Waals surface area (Å²) in [6.07, 6.45) is 1.08. The smallest absolute Gasteiger partial charge is 0.253 e. The molecular formula is C15H20N2O3S. The van der Waals surface area contributed by atoms with Crippen LogP contribution in [-0.4, -0.2) is 53.3 Å². The Balaban J connectivity index is 2.08. The highest BCUT2D eigenvalue weighted by Crippen LogP contribution is 2.22. The second-order valence-corrected chi connectivity index (χ2v) is 5.88. The highest BCUT2D eigenvalue weighted by molar-refractivity contribution is 7.80. The maximum absolute atomic E-state index is 12.4. The predicted octanol–water partition coefficient (Wildman–Crippen LogP) is 0.934. The number of ether oxygens (including phenoxy) is 1. The third-order valence-electron chi connectivity index (χ3n) is 3.70. The zero-order valence-electron chi connectivity index (χ0n) is 12.0. The zero-order valence-corrected chi connectivity index (χ0v) is 12.9. The van der Waals surface area contributed by atoms with Crippen molar-refractivity contribution in [1.29, 1.82) is 0 Å². The molecule has 3 N–H and O–H groups in total. The summed E-state index contributed by atoms with van der Waals surface area (Å²) in [6.45, 7) is 1.33. The Hall–Kier alpha value is -1.50. The first kappa shape index (κ1) is 15.9. The minimum absolute atomic E-state index is 0.159. The van der Waals surface area contributed by atoms with Crippen LogP contribution in [0.5, 0.6) is 0 Å². The summed E-state index contributed by atoms with van der Waals surface area (Å²) < 4.78 is 5.24. The minimum Gasteiger partial charge on any atom is -0.389 e. The number of carbonyl (C=O) groups is 1. The van der Waals surface area contributed by atoms with E-state index in [1.807, 2.05) is 0 Å². The summed E-state index contributed by atoms with van der Waals surface area (Å²) >= 11 is 4.92. The van der Waals surface area contributed by atoms with Crippen molar-refractivity contribution in [3.8, 4) is 0 Å². The number of likely N-dealkylation sites (N-methyl/N-ethyl adjacent to an activating group) is 1. The monoisotopic (exact) mass is 308 g/mol. The quantitative estimate of drug-likeness (QED) is 0.810. The van der Waals surface area contributed by atoms with Crippen LogP contribution in [0.3, 0.4) is 0 Å². The van der Waals surface area contributed by atoms with Gasteiger partial charge in [0.1, 0.15) is 4.99 Å². The summed E-state index contributed by atoms with van der Waals surface area (Å²) in [5.74, 6) is -0.159. The van der Waals surface area contributed by atoms with Gasteiger partial charge in [-0.1, -0.05) is 24.4 Å². The molecule has 0 aliphatic carbocycles. The van der Waals surface area contributed by atoms with Gasteiger partial charge < -0.3 is 20.5 Å². The summed E-state index contributed by atoms with van der Waals surface area (Å²) in [5.41, 5.74) is 5.88. The minimum atomic E-state index is -0.872. The number of benzene rings is 1. The van der Waals surface area contributed by atoms with Gasteiger partial charge in [-0.05, 0) is 12.1 Å². The number of hydrogen-bond donors (Lipinski definition) is 2. The molecule has 5 nitrogen and oxygen atoms in total. The molecule has 0 aromatic heterocycles. The summed E-state index contributed by atoms with van der Waals surface area (Å²) in [6, 6.07) is 6.91. The van der Waals surface area contributed by atoms with Crippen LogP contribution in [0.15, 0.2) is 24.3 Å². The molecule has 1 aromatic carbocycles. The van der Waals surface area contributed by atoms with Crippen molar-refractivity contribution in [2.45, 2.75) is 18.4 Å². The first-order valence-corrected chi connectivity index (χ1v) is 7.28. The molecule has 114 valence electrons. The van der Waals surface area contributed by atoms with Gasteiger partial charge in [0.15, 0.2) is 0 Å². The van der Waals surface area contributed by atoms with Crippen molar-refractivity contribution in [2.24, 2.45) is 5.73 Å². The molecule has 0 atom stereocenters. The van der Waals surface area contributed by atoms with E-state index >= 15 is 0 Å². The number of aliphatic hydroxyl groups is 1. The molecule has 0 unspecified atom stereocenters. The molecular weight excluding hydrogens is 288 g/mol. The third-order valence-corrected chi connectivity index (χ3v) is 3.93. The van der Waals surface area contributed by atoms with E-state index < -0.39 is 5.60 Å². The van der Waals surface area contributed by atoms with E-state index in [1.165, 1.54) is 4.90 Å². The van der Waals surface area contributed by atoms with Gasteiger partial charge in [-0.25, -0.2) is 0 Å². The number of rotatable bonds is 4. The average molecular weight is 308 g/mol. The molecule has 6 heteroatoms. The van der Waals surface area contributed by atoms with Crippen LogP contribution in [0.2, 0.25) is 0 Å². The Bertz CT molecular complexity index is 541. The first-order valence-electron chi connectivity index (χ1n) is 6.87. The molecule has 1 saturated heterocycles. The lowest BCUT2D eigenvalue weighted by atomic mass is 9.93. The molecule has 0 spiro atoms. The van der Waals surface area contributed by atoms with Crippen molar-refractivity contribution in [3.63, 3.8) is 0 Å². The molecule has 0 bridgehead atoms. The number of nitrogens with two attached hydrogens (primary N) is 1. The van der Waals surface area contributed by atoms with Crippen LogP contribution < -0.4 is 5.73 Å². The van der Waals surface area contributed by atoms with Gasteiger partial charge in [-0.3, -0.25) is 4.79 Å². The number of thiocarbonyl (C=S) groups is 1. The van der Waals surface area contributed by atoms with Gasteiger partial charge in [-0.15, -0.1) is 0 Å². The van der Waals surface area contributed by atoms with E-state index in [-0.39, 0.29) is 17.4 Å². The molecule has 1 fully saturated rings. The number of amides is 1. The zero-order chi connectivity index (χ0) is 15.5. The van der Waals surface area contributed by atoms with Gasteiger partial charge in [0.25, 0.3) is 5.91 Å². The van der Waals surface area contributed by atoms with Crippen LogP contribution in [0.4, 0.5) is 0 Å². The molecule has 1 aromatic rings. The van der Waals surface area contributed by atoms with Crippen molar-refractivity contribution < 1.29 is 14.6 Å². The highest BCUT2D eigenvalue weighted by atomic mass is 32.1. The van der Waals surface area contributed by atoms with E-state index in [2.05, 4.69) is 0 Å². The van der Waals surface area contributed by atoms with Crippen LogP contribution in [0, 0.1) is 0 Å². The number of nitrogens with zero attached hydrogens (tertiary/aromatic N) is 1. The number of hydrogen-bond acceptors (Lipinski definition) is 4. The Labute approximate surface area is 129 Å². The normalized spacial score (nSPS) is 17.2. The predicted molar refractivity (Wildman–Crippen MR) is 84.3 cm³/mol. The molecule has 21 heavy (non-hydrogen) atoms. The van der Waals surface area contributed by atoms with Gasteiger partial charge in [0, 0.05) is 50.8 Å². The Kier molecular flexibility index (Phi) is 4.92. The lowest BCUT2D eigenvalue weighted by molar-refractivity contribution is -0.0734. The van der Waals surface area contributed by atoms with Gasteiger partial charge in [0.2, 0.25) is 0 Å². The summed E-state index contributed by atoms with van der Waals surface area (Å²) in [7, 11) is 1.68. The second-order valence-electron chi connectivity index (χ2n) is 5.44. The van der Waals surface area contributed by atoms with Crippen molar-refractivity contribution >= 4 is 23.1 Å². The summed E-state index contributed by atoms with van der Waals surface area (Å²) in [5, 5.41) is 10.5. The fraction of sp³-hybridized carbons (Fsp3) is 0.467. The molecule has 1 amide bonds. The van der Waals surface area contributed by atoms with E-state index in [0.29, 0.717) is 37.2 Å². The van der Waals surface area contributed by atoms with Crippen LogP contribution in [-0.2, 0) is 4.74 Å². The van der Waals surface area contributed by atoms with Crippen LogP contribution >= 0.6 is 12.2 Å². The lowest BCUT2D eigenvalue weighted by Gasteiger charge is -2.35. The molecule has 0 radical (unpaired) electrons.